The highest BCUT2D eigenvalue weighted by Crippen LogP contribution is 2.56. The number of benzene rings is 2. The first-order valence-corrected chi connectivity index (χ1v) is 12.2. The van der Waals surface area contributed by atoms with Gasteiger partial charge in [-0.25, -0.2) is 4.79 Å². The second-order valence-electron chi connectivity index (χ2n) is 9.62. The molecule has 2 aliphatic rings. The summed E-state index contributed by atoms with van der Waals surface area (Å²) in [5, 5.41) is 14.0. The molecule has 0 bridgehead atoms. The fraction of sp³-hybridized carbons (Fsp3) is 0.519. The fourth-order valence-electron chi connectivity index (χ4n) is 6.16. The maximum atomic E-state index is 13.0. The Kier molecular flexibility index (Phi) is 6.83. The van der Waals surface area contributed by atoms with Crippen molar-refractivity contribution in [3.63, 3.8) is 0 Å². The van der Waals surface area contributed by atoms with Crippen LogP contribution in [-0.2, 0) is 21.4 Å². The van der Waals surface area contributed by atoms with Crippen molar-refractivity contribution in [1.29, 1.82) is 0 Å². The summed E-state index contributed by atoms with van der Waals surface area (Å²) in [6.45, 7) is 2.40. The molecule has 2 N–H and O–H groups in total. The van der Waals surface area contributed by atoms with E-state index in [0.29, 0.717) is 29.7 Å². The third-order valence-corrected chi connectivity index (χ3v) is 8.27. The number of halogens is 1. The first-order chi connectivity index (χ1) is 15.5. The number of carbonyl (C=O) groups excluding carboxylic acids is 1. The van der Waals surface area contributed by atoms with Gasteiger partial charge in [0.2, 0.25) is 0 Å². The van der Waals surface area contributed by atoms with E-state index in [1.54, 1.807) is 0 Å². The van der Waals surface area contributed by atoms with Gasteiger partial charge in [-0.15, -0.1) is 0 Å². The number of fused-ring (bicyclic) bond motifs is 2. The van der Waals surface area contributed by atoms with Gasteiger partial charge in [-0.3, -0.25) is 0 Å². The lowest BCUT2D eigenvalue weighted by atomic mass is 9.59. The maximum absolute atomic E-state index is 13.0. The Balaban J connectivity index is 1.64. The minimum atomic E-state index is -0.756. The molecule has 2 atom stereocenters. The smallest absolute Gasteiger partial charge is 0.331 e. The van der Waals surface area contributed by atoms with Gasteiger partial charge >= 0.3 is 5.97 Å². The number of aliphatic hydroxyl groups excluding tert-OH is 1. The van der Waals surface area contributed by atoms with Gasteiger partial charge in [0.1, 0.15) is 5.54 Å². The number of esters is 1. The Morgan fingerprint density at radius 1 is 1.19 bits per heavy atom. The van der Waals surface area contributed by atoms with Crippen LogP contribution in [-0.4, -0.2) is 30.3 Å². The van der Waals surface area contributed by atoms with E-state index in [1.807, 2.05) is 24.3 Å². The van der Waals surface area contributed by atoms with Gasteiger partial charge in [0, 0.05) is 17.3 Å². The Morgan fingerprint density at radius 2 is 1.94 bits per heavy atom. The quantitative estimate of drug-likeness (QED) is 0.521. The first-order valence-electron chi connectivity index (χ1n) is 11.8. The van der Waals surface area contributed by atoms with Crippen molar-refractivity contribution in [3.05, 3.63) is 64.7 Å². The molecule has 1 fully saturated rings. The molecule has 0 radical (unpaired) electrons. The van der Waals surface area contributed by atoms with E-state index < -0.39 is 5.54 Å². The van der Waals surface area contributed by atoms with Crippen LogP contribution in [0.1, 0.15) is 56.6 Å². The molecule has 4 nitrogen and oxygen atoms in total. The number of rotatable bonds is 7. The van der Waals surface area contributed by atoms with Gasteiger partial charge < -0.3 is 15.2 Å². The zero-order chi connectivity index (χ0) is 22.8. The molecule has 4 rings (SSSR count). The van der Waals surface area contributed by atoms with Gasteiger partial charge in [-0.05, 0) is 85.1 Å². The van der Waals surface area contributed by atoms with E-state index in [2.05, 4.69) is 36.5 Å². The number of anilines is 1. The van der Waals surface area contributed by atoms with E-state index in [9.17, 15) is 9.90 Å². The predicted octanol–water partition coefficient (Wildman–Crippen LogP) is 5.76. The van der Waals surface area contributed by atoms with Crippen LogP contribution in [0.4, 0.5) is 5.69 Å². The van der Waals surface area contributed by atoms with Crippen LogP contribution in [0, 0.1) is 11.8 Å². The van der Waals surface area contributed by atoms with Crippen molar-refractivity contribution in [2.45, 2.75) is 62.8 Å². The van der Waals surface area contributed by atoms with Gasteiger partial charge in [0.05, 0.1) is 7.11 Å². The Bertz CT molecular complexity index is 947. The second kappa shape index (κ2) is 9.44. The average Bonchev–Trinajstić information content (AvgIpc) is 3.11. The summed E-state index contributed by atoms with van der Waals surface area (Å²) in [4.78, 5) is 13.0. The zero-order valence-electron chi connectivity index (χ0n) is 19.1. The van der Waals surface area contributed by atoms with Crippen LogP contribution in [0.2, 0.25) is 5.02 Å². The molecule has 2 aromatic carbocycles. The highest BCUT2D eigenvalue weighted by Gasteiger charge is 2.54. The molecular weight excluding hydrogens is 422 g/mol. The Morgan fingerprint density at radius 3 is 2.59 bits per heavy atom. The number of carbonyl (C=O) groups is 1. The van der Waals surface area contributed by atoms with Crippen molar-refractivity contribution < 1.29 is 14.6 Å². The van der Waals surface area contributed by atoms with Crippen molar-refractivity contribution in [2.24, 2.45) is 11.8 Å². The van der Waals surface area contributed by atoms with Crippen molar-refractivity contribution in [1.82, 2.24) is 0 Å². The van der Waals surface area contributed by atoms with Crippen molar-refractivity contribution in [3.8, 4) is 0 Å². The predicted molar refractivity (Wildman–Crippen MR) is 129 cm³/mol. The molecule has 0 saturated heterocycles. The largest absolute Gasteiger partial charge is 0.467 e. The summed E-state index contributed by atoms with van der Waals surface area (Å²) in [7, 11) is 1.47. The van der Waals surface area contributed by atoms with Gasteiger partial charge in [-0.1, -0.05) is 55.3 Å². The van der Waals surface area contributed by atoms with Crippen LogP contribution < -0.4 is 5.32 Å². The number of aliphatic hydroxyl groups is 1. The molecule has 2 aliphatic carbocycles. The molecule has 0 aromatic heterocycles. The molecule has 0 aliphatic heterocycles. The molecule has 172 valence electrons. The van der Waals surface area contributed by atoms with E-state index in [4.69, 9.17) is 16.3 Å². The molecule has 5 heteroatoms. The van der Waals surface area contributed by atoms with E-state index in [-0.39, 0.29) is 18.0 Å². The van der Waals surface area contributed by atoms with Crippen LogP contribution in [0.5, 0.6) is 0 Å². The van der Waals surface area contributed by atoms with E-state index in [1.165, 1.54) is 18.2 Å². The molecule has 2 aromatic rings. The standard InChI is InChI=1S/C27H34ClNO3/c1-3-19(18-30)15-21-16-20-7-4-5-10-24(20)26(21)11-13-27(14-12-26,25(31)32-2)29-23-9-6-8-22(28)17-23/h4-10,17,19,21,29-30H,3,11-16,18H2,1-2H3/t19-,21-,26?,27?/m1/s1. The molecule has 1 saturated carbocycles. The summed E-state index contributed by atoms with van der Waals surface area (Å²) in [5.41, 5.74) is 3.01. The van der Waals surface area contributed by atoms with Crippen molar-refractivity contribution in [2.75, 3.05) is 19.0 Å². The minimum Gasteiger partial charge on any atom is -0.467 e. The zero-order valence-corrected chi connectivity index (χ0v) is 19.8. The fourth-order valence-corrected chi connectivity index (χ4v) is 6.36. The van der Waals surface area contributed by atoms with E-state index >= 15 is 0 Å². The van der Waals surface area contributed by atoms with Gasteiger partial charge in [-0.2, -0.15) is 0 Å². The maximum Gasteiger partial charge on any atom is 0.331 e. The summed E-state index contributed by atoms with van der Waals surface area (Å²) in [5.74, 6) is 0.596. The molecule has 32 heavy (non-hydrogen) atoms. The summed E-state index contributed by atoms with van der Waals surface area (Å²) in [6, 6.07) is 16.3. The monoisotopic (exact) mass is 455 g/mol. The minimum absolute atomic E-state index is 0.0483. The van der Waals surface area contributed by atoms with Crippen LogP contribution in [0.15, 0.2) is 48.5 Å². The number of ether oxygens (including phenoxy) is 1. The SMILES string of the molecule is CC[C@@H](CO)C[C@@H]1Cc2ccccc2C12CCC(Nc1cccc(Cl)c1)(C(=O)OC)CC2. The number of hydrogen-bond donors (Lipinski definition) is 2. The lowest BCUT2D eigenvalue weighted by Crippen LogP contribution is -2.53. The average molecular weight is 456 g/mol. The third kappa shape index (κ3) is 4.15. The molecule has 0 amide bonds. The summed E-state index contributed by atoms with van der Waals surface area (Å²) in [6.07, 6.45) is 6.30. The third-order valence-electron chi connectivity index (χ3n) is 8.04. The normalized spacial score (nSPS) is 27.7. The Labute approximate surface area is 196 Å². The lowest BCUT2D eigenvalue weighted by molar-refractivity contribution is -0.148. The second-order valence-corrected chi connectivity index (χ2v) is 10.1. The molecular formula is C27H34ClNO3. The van der Waals surface area contributed by atoms with Crippen LogP contribution in [0.25, 0.3) is 0 Å². The van der Waals surface area contributed by atoms with E-state index in [0.717, 1.165) is 37.8 Å². The van der Waals surface area contributed by atoms with Gasteiger partial charge in [0.15, 0.2) is 0 Å². The van der Waals surface area contributed by atoms with Crippen molar-refractivity contribution >= 4 is 23.3 Å². The summed E-state index contributed by atoms with van der Waals surface area (Å²) >= 11 is 6.19. The van der Waals surface area contributed by atoms with Crippen LogP contribution in [0.3, 0.4) is 0 Å². The topological polar surface area (TPSA) is 58.6 Å². The lowest BCUT2D eigenvalue weighted by Gasteiger charge is -2.48. The highest BCUT2D eigenvalue weighted by atomic mass is 35.5. The molecule has 0 unspecified atom stereocenters. The number of hydrogen-bond acceptors (Lipinski definition) is 4. The Hall–Kier alpha value is -2.04. The van der Waals surface area contributed by atoms with Crippen LogP contribution >= 0.6 is 11.6 Å². The summed E-state index contributed by atoms with van der Waals surface area (Å²) < 4.78 is 5.27. The van der Waals surface area contributed by atoms with Gasteiger partial charge in [0.25, 0.3) is 0 Å². The molecule has 0 heterocycles. The highest BCUT2D eigenvalue weighted by molar-refractivity contribution is 6.30. The number of methoxy groups -OCH3 is 1. The molecule has 1 spiro atoms. The first kappa shape index (κ1) is 23.1. The number of nitrogens with one attached hydrogen (secondary N) is 1.